The summed E-state index contributed by atoms with van der Waals surface area (Å²) in [6.07, 6.45) is 4.14. The van der Waals surface area contributed by atoms with E-state index in [9.17, 15) is 4.79 Å². The molecule has 0 aliphatic heterocycles. The Hall–Kier alpha value is -1.62. The Bertz CT molecular complexity index is 417. The second kappa shape index (κ2) is 5.82. The number of anilines is 1. The van der Waals surface area contributed by atoms with Gasteiger partial charge in [0.2, 0.25) is 0 Å². The summed E-state index contributed by atoms with van der Waals surface area (Å²) in [6, 6.07) is 4.00. The van der Waals surface area contributed by atoms with E-state index in [1.54, 1.807) is 18.3 Å². The van der Waals surface area contributed by atoms with Crippen molar-refractivity contribution in [1.82, 2.24) is 15.2 Å². The van der Waals surface area contributed by atoms with E-state index in [-0.39, 0.29) is 5.91 Å². The molecule has 98 valence electrons. The fourth-order valence-electron chi connectivity index (χ4n) is 2.04. The lowest BCUT2D eigenvalue weighted by molar-refractivity contribution is 0.0948. The molecule has 1 heterocycles. The Kier molecular flexibility index (Phi) is 4.15. The number of nitrogen functional groups attached to an aromatic ring is 1. The minimum atomic E-state index is -0.0871. The van der Waals surface area contributed by atoms with Crippen molar-refractivity contribution in [2.24, 2.45) is 0 Å². The number of rotatable bonds is 6. The number of pyridine rings is 1. The molecule has 1 amide bonds. The molecule has 0 spiro atoms. The van der Waals surface area contributed by atoms with Crippen molar-refractivity contribution in [2.45, 2.75) is 25.8 Å². The lowest BCUT2D eigenvalue weighted by Gasteiger charge is -2.19. The van der Waals surface area contributed by atoms with Gasteiger partial charge >= 0.3 is 0 Å². The van der Waals surface area contributed by atoms with Crippen molar-refractivity contribution >= 4 is 11.7 Å². The summed E-state index contributed by atoms with van der Waals surface area (Å²) in [5.74, 6) is 0.284. The zero-order chi connectivity index (χ0) is 13.0. The maximum Gasteiger partial charge on any atom is 0.251 e. The average molecular weight is 248 g/mol. The van der Waals surface area contributed by atoms with Crippen LogP contribution >= 0.6 is 0 Å². The summed E-state index contributed by atoms with van der Waals surface area (Å²) < 4.78 is 0. The summed E-state index contributed by atoms with van der Waals surface area (Å²) in [5, 5.41) is 2.91. The molecule has 1 saturated carbocycles. The number of likely N-dealkylation sites (N-methyl/N-ethyl adjacent to an activating group) is 1. The number of carbonyl (C=O) groups excluding carboxylic acids is 1. The van der Waals surface area contributed by atoms with Crippen LogP contribution in [0.2, 0.25) is 0 Å². The topological polar surface area (TPSA) is 71.2 Å². The van der Waals surface area contributed by atoms with Crippen molar-refractivity contribution in [1.29, 1.82) is 0 Å². The highest BCUT2D eigenvalue weighted by Crippen LogP contribution is 2.25. The third-order valence-electron chi connectivity index (χ3n) is 3.20. The Balaban J connectivity index is 1.77. The maximum absolute atomic E-state index is 11.8. The van der Waals surface area contributed by atoms with E-state index >= 15 is 0 Å². The molecule has 18 heavy (non-hydrogen) atoms. The van der Waals surface area contributed by atoms with Crippen LogP contribution in [0.3, 0.4) is 0 Å². The fraction of sp³-hybridized carbons (Fsp3) is 0.538. The molecule has 0 aromatic carbocycles. The number of carbonyl (C=O) groups is 1. The summed E-state index contributed by atoms with van der Waals surface area (Å²) in [7, 11) is 0. The molecule has 5 heteroatoms. The van der Waals surface area contributed by atoms with Crippen molar-refractivity contribution in [3.8, 4) is 0 Å². The Morgan fingerprint density at radius 3 is 3.00 bits per heavy atom. The highest BCUT2D eigenvalue weighted by molar-refractivity contribution is 5.94. The van der Waals surface area contributed by atoms with Crippen LogP contribution in [-0.4, -0.2) is 41.5 Å². The van der Waals surface area contributed by atoms with Crippen LogP contribution in [0.5, 0.6) is 0 Å². The van der Waals surface area contributed by atoms with E-state index in [2.05, 4.69) is 22.1 Å². The van der Waals surface area contributed by atoms with Gasteiger partial charge in [-0.1, -0.05) is 6.92 Å². The van der Waals surface area contributed by atoms with Crippen molar-refractivity contribution in [2.75, 3.05) is 25.4 Å². The molecule has 0 saturated heterocycles. The monoisotopic (exact) mass is 248 g/mol. The van der Waals surface area contributed by atoms with Gasteiger partial charge in [0.15, 0.2) is 0 Å². The van der Waals surface area contributed by atoms with Gasteiger partial charge in [-0.3, -0.25) is 9.69 Å². The molecule has 0 bridgehead atoms. The molecule has 1 aromatic heterocycles. The third kappa shape index (κ3) is 3.43. The summed E-state index contributed by atoms with van der Waals surface area (Å²) in [5.41, 5.74) is 6.11. The van der Waals surface area contributed by atoms with Gasteiger partial charge in [0.25, 0.3) is 5.91 Å². The molecule has 1 aliphatic carbocycles. The molecule has 0 unspecified atom stereocenters. The highest BCUT2D eigenvalue weighted by Gasteiger charge is 2.27. The molecule has 2 rings (SSSR count). The Morgan fingerprint density at radius 2 is 2.39 bits per heavy atom. The van der Waals surface area contributed by atoms with E-state index in [4.69, 9.17) is 5.73 Å². The summed E-state index contributed by atoms with van der Waals surface area (Å²) >= 11 is 0. The maximum atomic E-state index is 11.8. The predicted molar refractivity (Wildman–Crippen MR) is 71.3 cm³/mol. The first kappa shape index (κ1) is 12.8. The molecule has 1 fully saturated rings. The van der Waals surface area contributed by atoms with E-state index in [0.717, 1.165) is 19.1 Å². The number of aromatic nitrogens is 1. The van der Waals surface area contributed by atoms with Crippen LogP contribution < -0.4 is 11.1 Å². The Labute approximate surface area is 107 Å². The molecule has 0 atom stereocenters. The normalized spacial score (nSPS) is 14.8. The summed E-state index contributed by atoms with van der Waals surface area (Å²) in [6.45, 7) is 4.78. The number of hydrogen-bond acceptors (Lipinski definition) is 4. The van der Waals surface area contributed by atoms with E-state index in [1.807, 2.05) is 0 Å². The number of nitrogens with zero attached hydrogens (tertiary/aromatic N) is 2. The second-order valence-corrected chi connectivity index (χ2v) is 4.59. The number of hydrogen-bond donors (Lipinski definition) is 2. The molecule has 1 aromatic rings. The van der Waals surface area contributed by atoms with Gasteiger partial charge in [0.1, 0.15) is 5.82 Å². The van der Waals surface area contributed by atoms with Gasteiger partial charge in [-0.15, -0.1) is 0 Å². The van der Waals surface area contributed by atoms with E-state index < -0.39 is 0 Å². The quantitative estimate of drug-likeness (QED) is 0.784. The van der Waals surface area contributed by atoms with Crippen molar-refractivity contribution in [3.05, 3.63) is 23.9 Å². The number of amides is 1. The van der Waals surface area contributed by atoms with Crippen LogP contribution in [0.25, 0.3) is 0 Å². The fourth-order valence-corrected chi connectivity index (χ4v) is 2.04. The SMILES string of the molecule is CCN(CCNC(=O)c1ccnc(N)c1)C1CC1. The average Bonchev–Trinajstić information content (AvgIpc) is 3.18. The van der Waals surface area contributed by atoms with Crippen LogP contribution in [0.1, 0.15) is 30.1 Å². The van der Waals surface area contributed by atoms with Gasteiger partial charge < -0.3 is 11.1 Å². The van der Waals surface area contributed by atoms with Crippen LogP contribution in [-0.2, 0) is 0 Å². The first-order chi connectivity index (χ1) is 8.70. The number of nitrogens with one attached hydrogen (secondary N) is 1. The molecule has 3 N–H and O–H groups in total. The standard InChI is InChI=1S/C13H20N4O/c1-2-17(11-3-4-11)8-7-16-13(18)10-5-6-15-12(14)9-10/h5-6,9,11H,2-4,7-8H2,1H3,(H2,14,15)(H,16,18). The lowest BCUT2D eigenvalue weighted by atomic mass is 10.2. The Morgan fingerprint density at radius 1 is 1.61 bits per heavy atom. The van der Waals surface area contributed by atoms with E-state index in [0.29, 0.717) is 17.9 Å². The zero-order valence-corrected chi connectivity index (χ0v) is 10.7. The van der Waals surface area contributed by atoms with Gasteiger partial charge in [-0.05, 0) is 31.5 Å². The smallest absolute Gasteiger partial charge is 0.251 e. The predicted octanol–water partition coefficient (Wildman–Crippen LogP) is 0.878. The molecular weight excluding hydrogens is 228 g/mol. The zero-order valence-electron chi connectivity index (χ0n) is 10.7. The van der Waals surface area contributed by atoms with Gasteiger partial charge in [-0.25, -0.2) is 4.98 Å². The van der Waals surface area contributed by atoms with Gasteiger partial charge in [0, 0.05) is 30.9 Å². The largest absolute Gasteiger partial charge is 0.384 e. The highest BCUT2D eigenvalue weighted by atomic mass is 16.1. The first-order valence-corrected chi connectivity index (χ1v) is 6.44. The van der Waals surface area contributed by atoms with Crippen LogP contribution in [0.4, 0.5) is 5.82 Å². The van der Waals surface area contributed by atoms with Crippen LogP contribution in [0.15, 0.2) is 18.3 Å². The molecule has 1 aliphatic rings. The number of nitrogens with two attached hydrogens (primary N) is 1. The first-order valence-electron chi connectivity index (χ1n) is 6.44. The lowest BCUT2D eigenvalue weighted by Crippen LogP contribution is -2.36. The second-order valence-electron chi connectivity index (χ2n) is 4.59. The van der Waals surface area contributed by atoms with Crippen molar-refractivity contribution < 1.29 is 4.79 Å². The van der Waals surface area contributed by atoms with Crippen molar-refractivity contribution in [3.63, 3.8) is 0 Å². The minimum absolute atomic E-state index is 0.0871. The molecule has 0 radical (unpaired) electrons. The van der Waals surface area contributed by atoms with Crippen LogP contribution in [0, 0.1) is 0 Å². The minimum Gasteiger partial charge on any atom is -0.384 e. The summed E-state index contributed by atoms with van der Waals surface area (Å²) in [4.78, 5) is 18.1. The molecule has 5 nitrogen and oxygen atoms in total. The van der Waals surface area contributed by atoms with Gasteiger partial charge in [-0.2, -0.15) is 0 Å². The van der Waals surface area contributed by atoms with E-state index in [1.165, 1.54) is 12.8 Å². The third-order valence-corrected chi connectivity index (χ3v) is 3.20. The molecular formula is C13H20N4O. The van der Waals surface area contributed by atoms with Gasteiger partial charge in [0.05, 0.1) is 0 Å².